The first-order valence-corrected chi connectivity index (χ1v) is 6.33. The first-order chi connectivity index (χ1) is 9.49. The van der Waals surface area contributed by atoms with Crippen LogP contribution < -0.4 is 15.4 Å². The molecule has 1 rings (SSSR count). The molecule has 0 aliphatic heterocycles. The van der Waals surface area contributed by atoms with E-state index >= 15 is 0 Å². The molecule has 0 heterocycles. The maximum atomic E-state index is 11.9. The molecule has 20 heavy (non-hydrogen) atoms. The van der Waals surface area contributed by atoms with Gasteiger partial charge in [-0.15, -0.1) is 0 Å². The first kappa shape index (κ1) is 15.9. The minimum absolute atomic E-state index is 0.0716. The highest BCUT2D eigenvalue weighted by Gasteiger charge is 2.17. The molecule has 0 bridgehead atoms. The predicted octanol–water partition coefficient (Wildman–Crippen LogP) is 1.33. The van der Waals surface area contributed by atoms with E-state index in [0.717, 1.165) is 6.54 Å². The highest BCUT2D eigenvalue weighted by Crippen LogP contribution is 2.27. The van der Waals surface area contributed by atoms with Gasteiger partial charge in [0.1, 0.15) is 0 Å². The monoisotopic (exact) mass is 281 g/mol. The fourth-order valence-electron chi connectivity index (χ4n) is 1.74. The van der Waals surface area contributed by atoms with E-state index in [0.29, 0.717) is 12.1 Å². The molecular weight excluding hydrogens is 262 g/mol. The van der Waals surface area contributed by atoms with E-state index in [1.165, 1.54) is 25.3 Å². The topological polar surface area (TPSA) is 93.5 Å². The number of carbonyl (C=O) groups is 1. The first-order valence-electron chi connectivity index (χ1n) is 6.33. The van der Waals surface area contributed by atoms with Crippen molar-refractivity contribution in [2.45, 2.75) is 19.9 Å². The van der Waals surface area contributed by atoms with Crippen molar-refractivity contribution in [3.05, 3.63) is 33.9 Å². The number of ether oxygens (including phenoxy) is 1. The average molecular weight is 281 g/mol. The van der Waals surface area contributed by atoms with Gasteiger partial charge in [0.15, 0.2) is 5.75 Å². The van der Waals surface area contributed by atoms with Crippen LogP contribution in [0.1, 0.15) is 24.2 Å². The lowest BCUT2D eigenvalue weighted by Crippen LogP contribution is -2.38. The molecule has 7 heteroatoms. The predicted molar refractivity (Wildman–Crippen MR) is 75.1 cm³/mol. The summed E-state index contributed by atoms with van der Waals surface area (Å²) in [5.41, 5.74) is 0.168. The number of rotatable bonds is 7. The van der Waals surface area contributed by atoms with Crippen LogP contribution >= 0.6 is 0 Å². The zero-order chi connectivity index (χ0) is 15.1. The molecule has 0 saturated heterocycles. The Labute approximate surface area is 117 Å². The SMILES string of the molecule is CCN[C@H](C)CNC(=O)c1ccc([N+](=O)[O-])c(OC)c1. The minimum Gasteiger partial charge on any atom is -0.490 e. The number of benzene rings is 1. The van der Waals surface area contributed by atoms with Crippen LogP contribution in [0.2, 0.25) is 0 Å². The summed E-state index contributed by atoms with van der Waals surface area (Å²) < 4.78 is 4.93. The average Bonchev–Trinajstić information content (AvgIpc) is 2.44. The van der Waals surface area contributed by atoms with Gasteiger partial charge in [-0.2, -0.15) is 0 Å². The molecule has 0 aromatic heterocycles. The minimum atomic E-state index is -0.548. The van der Waals surface area contributed by atoms with Crippen LogP contribution in [0.3, 0.4) is 0 Å². The molecule has 0 fully saturated rings. The zero-order valence-electron chi connectivity index (χ0n) is 11.8. The van der Waals surface area contributed by atoms with E-state index in [4.69, 9.17) is 4.74 Å². The quantitative estimate of drug-likeness (QED) is 0.581. The van der Waals surface area contributed by atoms with E-state index in [9.17, 15) is 14.9 Å². The standard InChI is InChI=1S/C13H19N3O4/c1-4-14-9(2)8-15-13(17)10-5-6-11(16(18)19)12(7-10)20-3/h5-7,9,14H,4,8H2,1-3H3,(H,15,17)/t9-/m1/s1. The Morgan fingerprint density at radius 1 is 1.50 bits per heavy atom. The number of carbonyl (C=O) groups excluding carboxylic acids is 1. The van der Waals surface area contributed by atoms with Gasteiger partial charge in [0.2, 0.25) is 0 Å². The van der Waals surface area contributed by atoms with E-state index in [1.54, 1.807) is 0 Å². The number of likely N-dealkylation sites (N-methyl/N-ethyl adjacent to an activating group) is 1. The van der Waals surface area contributed by atoms with Gasteiger partial charge in [-0.25, -0.2) is 0 Å². The molecule has 0 saturated carbocycles. The number of hydrogen-bond acceptors (Lipinski definition) is 5. The maximum absolute atomic E-state index is 11.9. The molecular formula is C13H19N3O4. The van der Waals surface area contributed by atoms with Crippen LogP contribution in [-0.2, 0) is 0 Å². The van der Waals surface area contributed by atoms with Gasteiger partial charge >= 0.3 is 5.69 Å². The molecule has 7 nitrogen and oxygen atoms in total. The van der Waals surface area contributed by atoms with Crippen LogP contribution in [0.15, 0.2) is 18.2 Å². The van der Waals surface area contributed by atoms with E-state index in [2.05, 4.69) is 10.6 Å². The lowest BCUT2D eigenvalue weighted by atomic mass is 10.1. The lowest BCUT2D eigenvalue weighted by Gasteiger charge is -2.13. The van der Waals surface area contributed by atoms with Crippen molar-refractivity contribution in [3.63, 3.8) is 0 Å². The summed E-state index contributed by atoms with van der Waals surface area (Å²) in [5, 5.41) is 16.7. The second-order valence-electron chi connectivity index (χ2n) is 4.31. The van der Waals surface area contributed by atoms with Gasteiger partial charge in [0.05, 0.1) is 12.0 Å². The van der Waals surface area contributed by atoms with Gasteiger partial charge in [-0.3, -0.25) is 14.9 Å². The van der Waals surface area contributed by atoms with Gasteiger partial charge < -0.3 is 15.4 Å². The highest BCUT2D eigenvalue weighted by atomic mass is 16.6. The van der Waals surface area contributed by atoms with Gasteiger partial charge in [-0.05, 0) is 19.5 Å². The van der Waals surface area contributed by atoms with Crippen molar-refractivity contribution in [3.8, 4) is 5.75 Å². The number of amides is 1. The number of methoxy groups -OCH3 is 1. The van der Waals surface area contributed by atoms with Gasteiger partial charge in [0, 0.05) is 30.3 Å². The van der Waals surface area contributed by atoms with Crippen molar-refractivity contribution in [2.24, 2.45) is 0 Å². The normalized spacial score (nSPS) is 11.8. The summed E-state index contributed by atoms with van der Waals surface area (Å²) in [7, 11) is 1.33. The molecule has 1 atom stereocenters. The summed E-state index contributed by atoms with van der Waals surface area (Å²) in [6.45, 7) is 5.24. The molecule has 0 aliphatic carbocycles. The number of nitrogens with zero attached hydrogens (tertiary/aromatic N) is 1. The Balaban J connectivity index is 2.76. The molecule has 1 amide bonds. The lowest BCUT2D eigenvalue weighted by molar-refractivity contribution is -0.385. The van der Waals surface area contributed by atoms with Crippen LogP contribution in [0.4, 0.5) is 5.69 Å². The van der Waals surface area contributed by atoms with Crippen LogP contribution in [-0.4, -0.2) is 37.1 Å². The molecule has 1 aromatic carbocycles. The third kappa shape index (κ3) is 4.20. The van der Waals surface area contributed by atoms with Crippen molar-refractivity contribution in [1.82, 2.24) is 10.6 Å². The molecule has 2 N–H and O–H groups in total. The van der Waals surface area contributed by atoms with Crippen molar-refractivity contribution >= 4 is 11.6 Å². The Morgan fingerprint density at radius 3 is 2.75 bits per heavy atom. The number of nitro benzene ring substituents is 1. The van der Waals surface area contributed by atoms with Crippen LogP contribution in [0, 0.1) is 10.1 Å². The number of hydrogen-bond donors (Lipinski definition) is 2. The summed E-state index contributed by atoms with van der Waals surface area (Å²) in [6, 6.07) is 4.20. The molecule has 0 radical (unpaired) electrons. The van der Waals surface area contributed by atoms with Crippen molar-refractivity contribution in [2.75, 3.05) is 20.2 Å². The second kappa shape index (κ2) is 7.44. The van der Waals surface area contributed by atoms with Crippen molar-refractivity contribution in [1.29, 1.82) is 0 Å². The summed E-state index contributed by atoms with van der Waals surface area (Å²) in [6.07, 6.45) is 0. The fraction of sp³-hybridized carbons (Fsp3) is 0.462. The van der Waals surface area contributed by atoms with E-state index in [1.807, 2.05) is 13.8 Å². The Kier molecular flexibility index (Phi) is 5.92. The number of nitrogens with one attached hydrogen (secondary N) is 2. The smallest absolute Gasteiger partial charge is 0.310 e. The van der Waals surface area contributed by atoms with E-state index in [-0.39, 0.29) is 23.4 Å². The fourth-order valence-corrected chi connectivity index (χ4v) is 1.74. The third-order valence-electron chi connectivity index (χ3n) is 2.76. The largest absolute Gasteiger partial charge is 0.490 e. The summed E-state index contributed by atoms with van der Waals surface area (Å²) >= 11 is 0. The molecule has 0 spiro atoms. The molecule has 0 aliphatic rings. The molecule has 1 aromatic rings. The van der Waals surface area contributed by atoms with Crippen LogP contribution in [0.5, 0.6) is 5.75 Å². The van der Waals surface area contributed by atoms with Gasteiger partial charge in [0.25, 0.3) is 5.91 Å². The van der Waals surface area contributed by atoms with Gasteiger partial charge in [-0.1, -0.05) is 6.92 Å². The number of nitro groups is 1. The van der Waals surface area contributed by atoms with E-state index < -0.39 is 4.92 Å². The zero-order valence-corrected chi connectivity index (χ0v) is 11.8. The molecule has 0 unspecified atom stereocenters. The summed E-state index contributed by atoms with van der Waals surface area (Å²) in [5.74, 6) is -0.217. The Morgan fingerprint density at radius 2 is 2.20 bits per heavy atom. The van der Waals surface area contributed by atoms with Crippen molar-refractivity contribution < 1.29 is 14.5 Å². The second-order valence-corrected chi connectivity index (χ2v) is 4.31. The summed E-state index contributed by atoms with van der Waals surface area (Å²) in [4.78, 5) is 22.2. The highest BCUT2D eigenvalue weighted by molar-refractivity contribution is 5.95. The van der Waals surface area contributed by atoms with Crippen LogP contribution in [0.25, 0.3) is 0 Å². The third-order valence-corrected chi connectivity index (χ3v) is 2.76. The molecule has 110 valence electrons. The Hall–Kier alpha value is -2.15. The Bertz CT molecular complexity index is 491. The maximum Gasteiger partial charge on any atom is 0.310 e.